The molecular formula is C70H51N. The van der Waals surface area contributed by atoms with Gasteiger partial charge in [0.15, 0.2) is 0 Å². The van der Waals surface area contributed by atoms with Gasteiger partial charge in [-0.3, -0.25) is 0 Å². The number of rotatable bonds is 10. The van der Waals surface area contributed by atoms with Crippen LogP contribution in [0, 0.1) is 0 Å². The molecule has 0 aliphatic heterocycles. The summed E-state index contributed by atoms with van der Waals surface area (Å²) < 4.78 is 0. The van der Waals surface area contributed by atoms with Crippen LogP contribution in [0.5, 0.6) is 0 Å². The summed E-state index contributed by atoms with van der Waals surface area (Å²) in [6, 6.07) is 101. The first-order chi connectivity index (χ1) is 35.1. The smallest absolute Gasteiger partial charge is 0.0701 e. The van der Waals surface area contributed by atoms with Crippen LogP contribution in [-0.2, 0) is 23.7 Å². The van der Waals surface area contributed by atoms with Gasteiger partial charge in [-0.25, -0.2) is 0 Å². The van der Waals surface area contributed by atoms with Crippen molar-refractivity contribution >= 4 is 40.0 Å². The second-order valence-corrected chi connectivity index (χ2v) is 19.3. The zero-order chi connectivity index (χ0) is 47.2. The minimum absolute atomic E-state index is 0.150. The highest BCUT2D eigenvalue weighted by molar-refractivity contribution is 5.91. The summed E-state index contributed by atoms with van der Waals surface area (Å²) >= 11 is 0. The molecule has 0 aromatic heterocycles. The standard InChI is InChI=1S/C70H51N/c1-6-20-58(21-7-1)70(59-22-8-2-9-23-59,60-24-10-3-11-25-60)61-39-37-52(38-40-61)54-36-35-53-44-50(32-34-55(53)46-54)30-31-51-33-42-65-66-43-41-64(71(62-26-12-4-13-27-62)63-28-14-5-15-29-63)47-68(66)69(67(65)45-51)48-56-18-16-17-19-57(56)49-69/h1-47H,48-49H2/b31-30+. The van der Waals surface area contributed by atoms with E-state index in [1.165, 1.54) is 94.3 Å². The molecule has 11 aromatic rings. The molecule has 0 unspecified atom stereocenters. The highest BCUT2D eigenvalue weighted by Gasteiger charge is 2.47. The summed E-state index contributed by atoms with van der Waals surface area (Å²) in [6.45, 7) is 0. The van der Waals surface area contributed by atoms with Crippen LogP contribution in [0.15, 0.2) is 273 Å². The topological polar surface area (TPSA) is 3.24 Å². The van der Waals surface area contributed by atoms with Crippen LogP contribution in [0.25, 0.3) is 45.2 Å². The molecule has 71 heavy (non-hydrogen) atoms. The molecular weight excluding hydrogens is 855 g/mol. The molecule has 0 bridgehead atoms. The van der Waals surface area contributed by atoms with Crippen LogP contribution in [-0.4, -0.2) is 0 Å². The number of para-hydroxylation sites is 2. The van der Waals surface area contributed by atoms with Gasteiger partial charge in [0.05, 0.1) is 5.41 Å². The van der Waals surface area contributed by atoms with Crippen LogP contribution >= 0.6 is 0 Å². The van der Waals surface area contributed by atoms with Gasteiger partial charge < -0.3 is 4.90 Å². The summed E-state index contributed by atoms with van der Waals surface area (Å²) in [6.07, 6.45) is 6.56. The van der Waals surface area contributed by atoms with E-state index in [1.807, 2.05) is 0 Å². The lowest BCUT2D eigenvalue weighted by Crippen LogP contribution is -2.30. The minimum Gasteiger partial charge on any atom is -0.310 e. The SMILES string of the molecule is C(=C\c1ccc2cc(-c3ccc(C(c4ccccc4)(c4ccccc4)c4ccccc4)cc3)ccc2c1)/c1ccc2c(c1)C1(Cc3ccccc3C1)c1cc(N(c3ccccc3)c3ccccc3)ccc1-2. The van der Waals surface area contributed by atoms with Crippen molar-refractivity contribution in [2.75, 3.05) is 4.90 Å². The summed E-state index contributed by atoms with van der Waals surface area (Å²) in [4.78, 5) is 2.39. The van der Waals surface area contributed by atoms with Gasteiger partial charge in [-0.15, -0.1) is 0 Å². The molecule has 0 fully saturated rings. The fourth-order valence-electron chi connectivity index (χ4n) is 12.1. The van der Waals surface area contributed by atoms with E-state index in [0.29, 0.717) is 0 Å². The number of anilines is 3. The van der Waals surface area contributed by atoms with E-state index in [1.54, 1.807) is 0 Å². The van der Waals surface area contributed by atoms with Crippen molar-refractivity contribution in [1.29, 1.82) is 0 Å². The van der Waals surface area contributed by atoms with Crippen LogP contribution in [0.4, 0.5) is 17.1 Å². The Morgan fingerprint density at radius 3 is 1.31 bits per heavy atom. The molecule has 0 amide bonds. The van der Waals surface area contributed by atoms with Gasteiger partial charge in [-0.1, -0.05) is 237 Å². The van der Waals surface area contributed by atoms with E-state index in [4.69, 9.17) is 0 Å². The maximum atomic E-state index is 2.49. The predicted octanol–water partition coefficient (Wildman–Crippen LogP) is 17.6. The van der Waals surface area contributed by atoms with Gasteiger partial charge in [0.25, 0.3) is 0 Å². The number of fused-ring (bicyclic) bond motifs is 7. The van der Waals surface area contributed by atoms with Gasteiger partial charge in [0.1, 0.15) is 0 Å². The Balaban J connectivity index is 0.810. The van der Waals surface area contributed by atoms with Crippen molar-refractivity contribution in [3.8, 4) is 22.3 Å². The highest BCUT2D eigenvalue weighted by Crippen LogP contribution is 2.57. The lowest BCUT2D eigenvalue weighted by Gasteiger charge is -2.37. The average Bonchev–Trinajstić information content (AvgIpc) is 3.96. The maximum absolute atomic E-state index is 2.49. The predicted molar refractivity (Wildman–Crippen MR) is 298 cm³/mol. The first-order valence-electron chi connectivity index (χ1n) is 24.9. The molecule has 1 spiro atoms. The molecule has 0 radical (unpaired) electrons. The summed E-state index contributed by atoms with van der Waals surface area (Å²) in [5.74, 6) is 0. The third-order valence-corrected chi connectivity index (χ3v) is 15.4. The lowest BCUT2D eigenvalue weighted by atomic mass is 9.65. The normalized spacial score (nSPS) is 13.3. The molecule has 0 saturated carbocycles. The van der Waals surface area contributed by atoms with Gasteiger partial charge >= 0.3 is 0 Å². The van der Waals surface area contributed by atoms with E-state index in [9.17, 15) is 0 Å². The van der Waals surface area contributed by atoms with Gasteiger partial charge in [-0.2, -0.15) is 0 Å². The largest absolute Gasteiger partial charge is 0.310 e. The van der Waals surface area contributed by atoms with E-state index < -0.39 is 5.41 Å². The van der Waals surface area contributed by atoms with Gasteiger partial charge in [0, 0.05) is 22.5 Å². The fourth-order valence-corrected chi connectivity index (χ4v) is 12.1. The Morgan fingerprint density at radius 1 is 0.324 bits per heavy atom. The van der Waals surface area contributed by atoms with E-state index in [-0.39, 0.29) is 5.41 Å². The van der Waals surface area contributed by atoms with Crippen LogP contribution in [0.1, 0.15) is 55.6 Å². The Hall–Kier alpha value is -8.78. The third-order valence-electron chi connectivity index (χ3n) is 15.4. The zero-order valence-electron chi connectivity index (χ0n) is 39.5. The van der Waals surface area contributed by atoms with E-state index in [0.717, 1.165) is 24.2 Å². The molecule has 2 aliphatic carbocycles. The average molecular weight is 906 g/mol. The van der Waals surface area contributed by atoms with Gasteiger partial charge in [0.2, 0.25) is 0 Å². The molecule has 0 N–H and O–H groups in total. The van der Waals surface area contributed by atoms with Gasteiger partial charge in [-0.05, 0) is 150 Å². The van der Waals surface area contributed by atoms with Crippen molar-refractivity contribution in [2.24, 2.45) is 0 Å². The van der Waals surface area contributed by atoms with Crippen molar-refractivity contribution < 1.29 is 0 Å². The molecule has 0 heterocycles. The number of hydrogen-bond acceptors (Lipinski definition) is 1. The number of benzene rings is 11. The fraction of sp³-hybridized carbons (Fsp3) is 0.0571. The Morgan fingerprint density at radius 2 is 0.746 bits per heavy atom. The first-order valence-corrected chi connectivity index (χ1v) is 24.9. The van der Waals surface area contributed by atoms with Crippen molar-refractivity contribution in [2.45, 2.75) is 23.7 Å². The molecule has 0 saturated heterocycles. The summed E-state index contributed by atoms with van der Waals surface area (Å²) in [7, 11) is 0. The molecule has 11 aromatic carbocycles. The minimum atomic E-state index is -0.470. The molecule has 1 nitrogen and oxygen atoms in total. The third kappa shape index (κ3) is 7.32. The summed E-state index contributed by atoms with van der Waals surface area (Å²) in [5, 5.41) is 2.46. The molecule has 2 aliphatic rings. The van der Waals surface area contributed by atoms with E-state index in [2.05, 4.69) is 290 Å². The van der Waals surface area contributed by atoms with Crippen LogP contribution in [0.2, 0.25) is 0 Å². The monoisotopic (exact) mass is 905 g/mol. The zero-order valence-corrected chi connectivity index (χ0v) is 39.5. The quantitative estimate of drug-likeness (QED) is 0.0976. The van der Waals surface area contributed by atoms with Crippen molar-refractivity contribution in [3.63, 3.8) is 0 Å². The first kappa shape index (κ1) is 42.3. The molecule has 13 rings (SSSR count). The van der Waals surface area contributed by atoms with Crippen LogP contribution < -0.4 is 4.90 Å². The lowest BCUT2D eigenvalue weighted by molar-refractivity contribution is 0.563. The Labute approximate surface area is 417 Å². The Bertz CT molecular complexity index is 3570. The Kier molecular flexibility index (Phi) is 10.5. The second-order valence-electron chi connectivity index (χ2n) is 19.3. The molecule has 0 atom stereocenters. The van der Waals surface area contributed by atoms with E-state index >= 15 is 0 Å². The number of hydrogen-bond donors (Lipinski definition) is 0. The molecule has 336 valence electrons. The second kappa shape index (κ2) is 17.6. The summed E-state index contributed by atoms with van der Waals surface area (Å²) in [5.41, 5.74) is 21.1. The highest BCUT2D eigenvalue weighted by atomic mass is 15.1. The maximum Gasteiger partial charge on any atom is 0.0701 e. The van der Waals surface area contributed by atoms with Crippen molar-refractivity contribution in [1.82, 2.24) is 0 Å². The van der Waals surface area contributed by atoms with Crippen molar-refractivity contribution in [3.05, 3.63) is 329 Å². The number of nitrogens with zero attached hydrogens (tertiary/aromatic N) is 1. The molecule has 1 heteroatoms. The van der Waals surface area contributed by atoms with Crippen LogP contribution in [0.3, 0.4) is 0 Å².